The lowest BCUT2D eigenvalue weighted by Crippen LogP contribution is -2.53. The molecule has 2 aromatic rings. The lowest BCUT2D eigenvalue weighted by molar-refractivity contribution is 0.0504. The number of likely N-dealkylation sites (tertiary alicyclic amines) is 1. The van der Waals surface area contributed by atoms with Gasteiger partial charge < -0.3 is 15.1 Å². The Bertz CT molecular complexity index is 715. The number of amides is 1. The number of hydrogen-bond donors (Lipinski definition) is 1. The van der Waals surface area contributed by atoms with Crippen molar-refractivity contribution in [2.24, 2.45) is 11.1 Å². The summed E-state index contributed by atoms with van der Waals surface area (Å²) in [7, 11) is 0. The molecule has 1 aromatic heterocycles. The summed E-state index contributed by atoms with van der Waals surface area (Å²) < 4.78 is 5.83. The lowest BCUT2D eigenvalue weighted by Gasteiger charge is -2.42. The molecule has 1 atom stereocenters. The van der Waals surface area contributed by atoms with Gasteiger partial charge >= 0.3 is 0 Å². The van der Waals surface area contributed by atoms with Crippen LogP contribution in [0.25, 0.3) is 11.3 Å². The molecule has 1 aliphatic heterocycles. The Morgan fingerprint density at radius 2 is 1.96 bits per heavy atom. The fraction of sp³-hybridized carbons (Fsp3) is 0.450. The third kappa shape index (κ3) is 3.24. The first-order valence-electron chi connectivity index (χ1n) is 8.64. The van der Waals surface area contributed by atoms with E-state index in [-0.39, 0.29) is 17.4 Å². The highest BCUT2D eigenvalue weighted by atomic mass is 16.4. The maximum atomic E-state index is 12.7. The molecule has 1 aromatic carbocycles. The number of nitrogens with two attached hydrogens (primary N) is 1. The summed E-state index contributed by atoms with van der Waals surface area (Å²) >= 11 is 0. The van der Waals surface area contributed by atoms with Gasteiger partial charge in [-0.05, 0) is 36.0 Å². The molecule has 2 N–H and O–H groups in total. The zero-order valence-electron chi connectivity index (χ0n) is 14.7. The predicted octanol–water partition coefficient (Wildman–Crippen LogP) is 3.71. The number of benzene rings is 1. The van der Waals surface area contributed by atoms with Crippen LogP contribution in [0.15, 0.2) is 40.8 Å². The molecule has 24 heavy (non-hydrogen) atoms. The van der Waals surface area contributed by atoms with Crippen molar-refractivity contribution in [1.29, 1.82) is 0 Å². The molecule has 128 valence electrons. The van der Waals surface area contributed by atoms with Crippen LogP contribution in [0.2, 0.25) is 0 Å². The number of carbonyl (C=O) groups is 1. The summed E-state index contributed by atoms with van der Waals surface area (Å²) in [6, 6.07) is 12.0. The number of furan rings is 1. The highest BCUT2D eigenvalue weighted by Gasteiger charge is 2.36. The van der Waals surface area contributed by atoms with Crippen molar-refractivity contribution < 1.29 is 9.21 Å². The van der Waals surface area contributed by atoms with Crippen LogP contribution in [0, 0.1) is 5.41 Å². The Hall–Kier alpha value is -2.07. The van der Waals surface area contributed by atoms with Crippen molar-refractivity contribution in [3.8, 4) is 11.3 Å². The van der Waals surface area contributed by atoms with Gasteiger partial charge in [0.15, 0.2) is 5.76 Å². The maximum absolute atomic E-state index is 12.7. The van der Waals surface area contributed by atoms with Gasteiger partial charge in [0.25, 0.3) is 5.91 Å². The Balaban J connectivity index is 1.76. The van der Waals surface area contributed by atoms with E-state index in [1.165, 1.54) is 5.56 Å². The summed E-state index contributed by atoms with van der Waals surface area (Å²) in [6.07, 6.45) is 1.83. The van der Waals surface area contributed by atoms with Crippen molar-refractivity contribution in [3.63, 3.8) is 0 Å². The first-order chi connectivity index (χ1) is 11.4. The van der Waals surface area contributed by atoms with Crippen molar-refractivity contribution in [2.45, 2.75) is 39.7 Å². The number of rotatable bonds is 3. The molecule has 1 saturated heterocycles. The first-order valence-corrected chi connectivity index (χ1v) is 8.64. The molecule has 0 aliphatic carbocycles. The monoisotopic (exact) mass is 326 g/mol. The van der Waals surface area contributed by atoms with Crippen LogP contribution < -0.4 is 5.73 Å². The van der Waals surface area contributed by atoms with Gasteiger partial charge in [-0.3, -0.25) is 4.79 Å². The largest absolute Gasteiger partial charge is 0.451 e. The van der Waals surface area contributed by atoms with E-state index in [0.717, 1.165) is 24.2 Å². The van der Waals surface area contributed by atoms with Gasteiger partial charge in [-0.25, -0.2) is 0 Å². The molecule has 4 heteroatoms. The van der Waals surface area contributed by atoms with Crippen molar-refractivity contribution in [1.82, 2.24) is 4.90 Å². The molecule has 0 radical (unpaired) electrons. The molecular formula is C20H26N2O2. The second kappa shape index (κ2) is 6.44. The topological polar surface area (TPSA) is 59.5 Å². The second-order valence-corrected chi connectivity index (χ2v) is 7.32. The highest BCUT2D eigenvalue weighted by molar-refractivity contribution is 5.92. The summed E-state index contributed by atoms with van der Waals surface area (Å²) in [5, 5.41) is 0. The van der Waals surface area contributed by atoms with Crippen LogP contribution in [0.5, 0.6) is 0 Å². The van der Waals surface area contributed by atoms with Crippen molar-refractivity contribution in [2.75, 3.05) is 13.1 Å². The molecule has 1 fully saturated rings. The van der Waals surface area contributed by atoms with E-state index in [9.17, 15) is 4.79 Å². The summed E-state index contributed by atoms with van der Waals surface area (Å²) in [4.78, 5) is 14.6. The van der Waals surface area contributed by atoms with Gasteiger partial charge in [-0.1, -0.05) is 45.0 Å². The Kier molecular flexibility index (Phi) is 4.50. The highest BCUT2D eigenvalue weighted by Crippen LogP contribution is 2.30. The van der Waals surface area contributed by atoms with Crippen LogP contribution in [0.4, 0.5) is 0 Å². The smallest absolute Gasteiger partial charge is 0.289 e. The van der Waals surface area contributed by atoms with E-state index < -0.39 is 0 Å². The number of aryl methyl sites for hydroxylation is 1. The van der Waals surface area contributed by atoms with Crippen LogP contribution >= 0.6 is 0 Å². The minimum atomic E-state index is -0.0701. The van der Waals surface area contributed by atoms with Gasteiger partial charge in [0.05, 0.1) is 0 Å². The summed E-state index contributed by atoms with van der Waals surface area (Å²) in [5.41, 5.74) is 8.36. The van der Waals surface area contributed by atoms with Gasteiger partial charge in [0, 0.05) is 24.7 Å². The van der Waals surface area contributed by atoms with E-state index in [1.807, 2.05) is 23.1 Å². The summed E-state index contributed by atoms with van der Waals surface area (Å²) in [5.74, 6) is 1.08. The van der Waals surface area contributed by atoms with Gasteiger partial charge in [-0.2, -0.15) is 0 Å². The molecule has 4 nitrogen and oxygen atoms in total. The number of carbonyl (C=O) groups excluding carboxylic acids is 1. The van der Waals surface area contributed by atoms with Crippen molar-refractivity contribution >= 4 is 5.91 Å². The molecule has 3 rings (SSSR count). The fourth-order valence-corrected chi connectivity index (χ4v) is 3.22. The molecule has 1 unspecified atom stereocenters. The number of hydrogen-bond acceptors (Lipinski definition) is 3. The average Bonchev–Trinajstić information content (AvgIpc) is 3.06. The average molecular weight is 326 g/mol. The molecular weight excluding hydrogens is 300 g/mol. The minimum Gasteiger partial charge on any atom is -0.451 e. The van der Waals surface area contributed by atoms with Crippen LogP contribution in [-0.2, 0) is 6.42 Å². The fourth-order valence-electron chi connectivity index (χ4n) is 3.22. The summed E-state index contributed by atoms with van der Waals surface area (Å²) in [6.45, 7) is 7.70. The first kappa shape index (κ1) is 16.8. The Labute approximate surface area is 143 Å². The second-order valence-electron chi connectivity index (χ2n) is 7.32. The lowest BCUT2D eigenvalue weighted by atomic mass is 9.79. The predicted molar refractivity (Wildman–Crippen MR) is 95.8 cm³/mol. The normalized spacial score (nSPS) is 20.2. The van der Waals surface area contributed by atoms with E-state index in [0.29, 0.717) is 18.8 Å². The van der Waals surface area contributed by atoms with Gasteiger partial charge in [0.2, 0.25) is 0 Å². The van der Waals surface area contributed by atoms with E-state index >= 15 is 0 Å². The van der Waals surface area contributed by atoms with Gasteiger partial charge in [0.1, 0.15) is 5.76 Å². The Morgan fingerprint density at radius 1 is 1.25 bits per heavy atom. The standard InChI is InChI=1S/C20H26N2O2/c1-4-14-5-7-15(8-6-14)16-9-10-17(24-16)19(23)22-12-11-18(21)20(2,3)13-22/h5-10,18H,4,11-13,21H2,1-3H3. The molecule has 0 saturated carbocycles. The minimum absolute atomic E-state index is 0.0496. The van der Waals surface area contributed by atoms with E-state index in [4.69, 9.17) is 10.2 Å². The van der Waals surface area contributed by atoms with Crippen LogP contribution in [0.1, 0.15) is 43.3 Å². The third-order valence-electron chi connectivity index (χ3n) is 5.06. The maximum Gasteiger partial charge on any atom is 0.289 e. The molecule has 1 aliphatic rings. The van der Waals surface area contributed by atoms with E-state index in [1.54, 1.807) is 6.07 Å². The Morgan fingerprint density at radius 3 is 2.58 bits per heavy atom. The van der Waals surface area contributed by atoms with E-state index in [2.05, 4.69) is 32.9 Å². The molecule has 2 heterocycles. The zero-order chi connectivity index (χ0) is 17.3. The van der Waals surface area contributed by atoms with Gasteiger partial charge in [-0.15, -0.1) is 0 Å². The molecule has 1 amide bonds. The SMILES string of the molecule is CCc1ccc(-c2ccc(C(=O)N3CCC(N)C(C)(C)C3)o2)cc1. The van der Waals surface area contributed by atoms with Crippen LogP contribution in [0.3, 0.4) is 0 Å². The zero-order valence-corrected chi connectivity index (χ0v) is 14.7. The molecule has 0 bridgehead atoms. The quantitative estimate of drug-likeness (QED) is 0.935. The van der Waals surface area contributed by atoms with Crippen molar-refractivity contribution in [3.05, 3.63) is 47.7 Å². The number of piperidine rings is 1. The molecule has 0 spiro atoms. The number of nitrogens with zero attached hydrogens (tertiary/aromatic N) is 1. The van der Waals surface area contributed by atoms with Crippen LogP contribution in [-0.4, -0.2) is 29.9 Å². The third-order valence-corrected chi connectivity index (χ3v) is 5.06.